The van der Waals surface area contributed by atoms with E-state index in [0.29, 0.717) is 28.6 Å². The molecule has 1 aliphatic heterocycles. The Bertz CT molecular complexity index is 1410. The van der Waals surface area contributed by atoms with Crippen LogP contribution in [0.15, 0.2) is 77.2 Å². The van der Waals surface area contributed by atoms with Crippen molar-refractivity contribution in [1.29, 1.82) is 5.26 Å². The van der Waals surface area contributed by atoms with Crippen molar-refractivity contribution in [2.45, 2.75) is 45.6 Å². The quantitative estimate of drug-likeness (QED) is 0.311. The fourth-order valence-corrected chi connectivity index (χ4v) is 4.74. The van der Waals surface area contributed by atoms with E-state index in [4.69, 9.17) is 4.42 Å². The van der Waals surface area contributed by atoms with Crippen molar-refractivity contribution in [3.8, 4) is 28.7 Å². The van der Waals surface area contributed by atoms with Gasteiger partial charge in [0.15, 0.2) is 0 Å². The molecule has 1 amide bonds. The third-order valence-electron chi connectivity index (χ3n) is 6.62. The van der Waals surface area contributed by atoms with E-state index in [1.165, 1.54) is 5.56 Å². The number of nitrogens with one attached hydrogen (secondary N) is 1. The van der Waals surface area contributed by atoms with Gasteiger partial charge in [0.05, 0.1) is 11.6 Å². The van der Waals surface area contributed by atoms with E-state index in [9.17, 15) is 10.1 Å². The molecule has 2 heterocycles. The van der Waals surface area contributed by atoms with E-state index in [1.807, 2.05) is 53.4 Å². The Morgan fingerprint density at radius 3 is 2.47 bits per heavy atom. The lowest BCUT2D eigenvalue weighted by atomic mass is 9.95. The number of anilines is 1. The lowest BCUT2D eigenvalue weighted by Gasteiger charge is -2.25. The molecule has 5 rings (SSSR count). The highest BCUT2D eigenvalue weighted by Crippen LogP contribution is 2.32. The molecule has 4 aromatic rings. The summed E-state index contributed by atoms with van der Waals surface area (Å²) in [6.07, 6.45) is 4.11. The summed E-state index contributed by atoms with van der Waals surface area (Å²) in [5, 5.41) is 20.5. The number of aryl methyl sites for hydroxylation is 1. The number of nitriles is 1. The van der Waals surface area contributed by atoms with Crippen LogP contribution < -0.4 is 5.32 Å². The summed E-state index contributed by atoms with van der Waals surface area (Å²) in [7, 11) is 1.70. The molecule has 7 nitrogen and oxygen atoms in total. The van der Waals surface area contributed by atoms with Crippen LogP contribution in [0.4, 0.5) is 6.01 Å². The number of aromatic nitrogens is 2. The molecule has 1 N–H and O–H groups in total. The lowest BCUT2D eigenvalue weighted by Crippen LogP contribution is -2.35. The summed E-state index contributed by atoms with van der Waals surface area (Å²) >= 11 is 0. The van der Waals surface area contributed by atoms with Crippen LogP contribution in [0.1, 0.15) is 54.1 Å². The molecule has 1 saturated heterocycles. The van der Waals surface area contributed by atoms with Crippen LogP contribution in [0.3, 0.4) is 0 Å². The Kier molecular flexibility index (Phi) is 8.89. The number of likely N-dealkylation sites (tertiary alicyclic amines) is 1. The molecule has 38 heavy (non-hydrogen) atoms. The van der Waals surface area contributed by atoms with Gasteiger partial charge in [-0.3, -0.25) is 4.79 Å². The Balaban J connectivity index is 0.000000417. The van der Waals surface area contributed by atoms with Crippen molar-refractivity contribution in [3.63, 3.8) is 0 Å². The van der Waals surface area contributed by atoms with Gasteiger partial charge in [-0.05, 0) is 61.6 Å². The normalized spacial score (nSPS) is 14.4. The molecule has 0 radical (unpaired) electrons. The van der Waals surface area contributed by atoms with Crippen molar-refractivity contribution in [1.82, 2.24) is 15.1 Å². The SMILES string of the molecule is CCCC1CCCN1C(=O)c1cc(-c2nnc(NC)o2)cc(-c2ccccc2C#N)c1.Cc1ccccc1. The molecule has 0 bridgehead atoms. The molecule has 7 heteroatoms. The molecule has 1 unspecified atom stereocenters. The second kappa shape index (κ2) is 12.7. The van der Waals surface area contributed by atoms with Gasteiger partial charge in [0.25, 0.3) is 5.91 Å². The van der Waals surface area contributed by atoms with E-state index < -0.39 is 0 Å². The summed E-state index contributed by atoms with van der Waals surface area (Å²) < 4.78 is 5.66. The zero-order chi connectivity index (χ0) is 26.9. The maximum atomic E-state index is 13.5. The van der Waals surface area contributed by atoms with Gasteiger partial charge >= 0.3 is 6.01 Å². The summed E-state index contributed by atoms with van der Waals surface area (Å²) in [6.45, 7) is 5.00. The van der Waals surface area contributed by atoms with Crippen molar-refractivity contribution in [3.05, 3.63) is 89.5 Å². The van der Waals surface area contributed by atoms with Crippen LogP contribution >= 0.6 is 0 Å². The third kappa shape index (κ3) is 6.27. The van der Waals surface area contributed by atoms with Crippen molar-refractivity contribution in [2.24, 2.45) is 0 Å². The fraction of sp³-hybridized carbons (Fsp3) is 0.290. The Morgan fingerprint density at radius 1 is 1.08 bits per heavy atom. The average molecular weight is 508 g/mol. The molecular weight excluding hydrogens is 474 g/mol. The molecule has 0 aliphatic carbocycles. The Labute approximate surface area is 224 Å². The summed E-state index contributed by atoms with van der Waals surface area (Å²) in [6, 6.07) is 26.0. The molecule has 0 spiro atoms. The minimum absolute atomic E-state index is 0.00171. The maximum Gasteiger partial charge on any atom is 0.315 e. The summed E-state index contributed by atoms with van der Waals surface area (Å²) in [5.74, 6) is 0.322. The van der Waals surface area contributed by atoms with E-state index in [2.05, 4.69) is 47.6 Å². The molecule has 1 atom stereocenters. The fourth-order valence-electron chi connectivity index (χ4n) is 4.74. The number of hydrogen-bond donors (Lipinski definition) is 1. The van der Waals surface area contributed by atoms with E-state index >= 15 is 0 Å². The molecule has 1 aliphatic rings. The molecule has 0 saturated carbocycles. The van der Waals surface area contributed by atoms with Crippen molar-refractivity contribution in [2.75, 3.05) is 18.9 Å². The largest absolute Gasteiger partial charge is 0.403 e. The standard InChI is InChI=1S/C24H25N5O2.C7H8/c1-3-7-20-9-6-11-29(20)23(30)19-13-17(21-10-5-4-8-16(21)15-25)12-18(14-19)22-27-28-24(26-2)31-22;1-7-5-3-2-4-6-7/h4-5,8,10,12-14,20H,3,6-7,9,11H2,1-2H3,(H,26,28);2-6H,1H3. The van der Waals surface area contributed by atoms with Gasteiger partial charge in [-0.15, -0.1) is 5.10 Å². The van der Waals surface area contributed by atoms with Gasteiger partial charge in [-0.2, -0.15) is 5.26 Å². The number of amides is 1. The summed E-state index contributed by atoms with van der Waals surface area (Å²) in [5.41, 5.74) is 4.61. The minimum atomic E-state index is 0.00171. The predicted molar refractivity (Wildman–Crippen MR) is 150 cm³/mol. The number of benzene rings is 3. The molecule has 3 aromatic carbocycles. The van der Waals surface area contributed by atoms with Crippen molar-refractivity contribution < 1.29 is 9.21 Å². The minimum Gasteiger partial charge on any atom is -0.403 e. The molecule has 194 valence electrons. The number of carbonyl (C=O) groups excluding carboxylic acids is 1. The Hall–Kier alpha value is -4.44. The monoisotopic (exact) mass is 507 g/mol. The highest BCUT2D eigenvalue weighted by molar-refractivity contribution is 5.97. The predicted octanol–water partition coefficient (Wildman–Crippen LogP) is 6.72. The van der Waals surface area contributed by atoms with Crippen LogP contribution in [0.5, 0.6) is 0 Å². The van der Waals surface area contributed by atoms with E-state index in [0.717, 1.165) is 43.4 Å². The van der Waals surface area contributed by atoms with Crippen LogP contribution in [-0.4, -0.2) is 40.6 Å². The topological polar surface area (TPSA) is 95.1 Å². The highest BCUT2D eigenvalue weighted by Gasteiger charge is 2.29. The second-order valence-electron chi connectivity index (χ2n) is 9.36. The van der Waals surface area contributed by atoms with Gasteiger partial charge < -0.3 is 14.6 Å². The van der Waals surface area contributed by atoms with Gasteiger partial charge in [0.1, 0.15) is 0 Å². The zero-order valence-corrected chi connectivity index (χ0v) is 22.1. The number of hydrogen-bond acceptors (Lipinski definition) is 6. The first kappa shape index (κ1) is 26.6. The number of carbonyl (C=O) groups is 1. The van der Waals surface area contributed by atoms with Gasteiger partial charge in [-0.1, -0.05) is 72.5 Å². The maximum absolute atomic E-state index is 13.5. The van der Waals surface area contributed by atoms with Crippen LogP contribution in [-0.2, 0) is 0 Å². The molecule has 1 aromatic heterocycles. The highest BCUT2D eigenvalue weighted by atomic mass is 16.4. The molecular formula is C31H33N5O2. The number of rotatable bonds is 6. The van der Waals surface area contributed by atoms with Crippen LogP contribution in [0.2, 0.25) is 0 Å². The van der Waals surface area contributed by atoms with Gasteiger partial charge in [-0.25, -0.2) is 0 Å². The average Bonchev–Trinajstić information content (AvgIpc) is 3.63. The van der Waals surface area contributed by atoms with Gasteiger partial charge in [0, 0.05) is 30.8 Å². The first-order chi connectivity index (χ1) is 18.5. The number of nitrogens with zero attached hydrogens (tertiary/aromatic N) is 4. The second-order valence-corrected chi connectivity index (χ2v) is 9.36. The van der Waals surface area contributed by atoms with E-state index in [-0.39, 0.29) is 11.9 Å². The van der Waals surface area contributed by atoms with Crippen LogP contribution in [0.25, 0.3) is 22.6 Å². The lowest BCUT2D eigenvalue weighted by molar-refractivity contribution is 0.0730. The van der Waals surface area contributed by atoms with Gasteiger partial charge in [0.2, 0.25) is 5.89 Å². The van der Waals surface area contributed by atoms with Crippen LogP contribution in [0, 0.1) is 18.3 Å². The summed E-state index contributed by atoms with van der Waals surface area (Å²) in [4.78, 5) is 15.5. The smallest absolute Gasteiger partial charge is 0.315 e. The van der Waals surface area contributed by atoms with E-state index in [1.54, 1.807) is 19.2 Å². The Morgan fingerprint density at radius 2 is 1.82 bits per heavy atom. The molecule has 1 fully saturated rings. The third-order valence-corrected chi connectivity index (χ3v) is 6.62. The zero-order valence-electron chi connectivity index (χ0n) is 22.1. The first-order valence-corrected chi connectivity index (χ1v) is 13.0. The van der Waals surface area contributed by atoms with Crippen molar-refractivity contribution >= 4 is 11.9 Å². The first-order valence-electron chi connectivity index (χ1n) is 13.0.